The van der Waals surface area contributed by atoms with Crippen LogP contribution in [0.2, 0.25) is 0 Å². The van der Waals surface area contributed by atoms with E-state index in [4.69, 9.17) is 4.42 Å². The summed E-state index contributed by atoms with van der Waals surface area (Å²) in [6.45, 7) is 7.34. The number of fused-ring (bicyclic) bond motifs is 1. The quantitative estimate of drug-likeness (QED) is 0.926. The van der Waals surface area contributed by atoms with Gasteiger partial charge in [0, 0.05) is 30.4 Å². The van der Waals surface area contributed by atoms with E-state index in [1.807, 2.05) is 36.9 Å². The number of furan rings is 1. The summed E-state index contributed by atoms with van der Waals surface area (Å²) in [6.07, 6.45) is 4.04. The van der Waals surface area contributed by atoms with E-state index < -0.39 is 0 Å². The van der Waals surface area contributed by atoms with Crippen LogP contribution in [0.3, 0.4) is 0 Å². The van der Waals surface area contributed by atoms with Gasteiger partial charge in [0.2, 0.25) is 5.91 Å². The lowest BCUT2D eigenvalue weighted by atomic mass is 10.0. The molecule has 134 valence electrons. The molecule has 1 aromatic heterocycles. The lowest BCUT2D eigenvalue weighted by molar-refractivity contribution is -0.135. The molecule has 2 amide bonds. The fourth-order valence-corrected chi connectivity index (χ4v) is 3.34. The first-order chi connectivity index (χ1) is 12.0. The van der Waals surface area contributed by atoms with Crippen LogP contribution in [0.4, 0.5) is 0 Å². The summed E-state index contributed by atoms with van der Waals surface area (Å²) in [6, 6.07) is 6.07. The number of carbonyl (C=O) groups is 2. The summed E-state index contributed by atoms with van der Waals surface area (Å²) in [7, 11) is 0. The number of amides is 2. The molecule has 5 heteroatoms. The molecule has 1 aliphatic heterocycles. The summed E-state index contributed by atoms with van der Waals surface area (Å²) in [5.74, 6) is 0.120. The van der Waals surface area contributed by atoms with Crippen LogP contribution < -0.4 is 5.32 Å². The fourth-order valence-electron chi connectivity index (χ4n) is 3.34. The van der Waals surface area contributed by atoms with Crippen LogP contribution in [0.15, 0.2) is 28.9 Å². The largest absolute Gasteiger partial charge is 0.463 e. The Morgan fingerprint density at radius 1 is 1.28 bits per heavy atom. The van der Waals surface area contributed by atoms with Crippen molar-refractivity contribution in [3.8, 4) is 0 Å². The Morgan fingerprint density at radius 2 is 2.00 bits per heavy atom. The highest BCUT2D eigenvalue weighted by Crippen LogP contribution is 2.23. The first kappa shape index (κ1) is 17.5. The molecular formula is C20H26N2O3. The second kappa shape index (κ2) is 7.30. The molecule has 1 saturated heterocycles. The molecule has 0 saturated carbocycles. The summed E-state index contributed by atoms with van der Waals surface area (Å²) in [4.78, 5) is 26.6. The molecule has 5 nitrogen and oxygen atoms in total. The van der Waals surface area contributed by atoms with Gasteiger partial charge < -0.3 is 14.6 Å². The lowest BCUT2D eigenvalue weighted by Crippen LogP contribution is -2.47. The zero-order chi connectivity index (χ0) is 18.0. The summed E-state index contributed by atoms with van der Waals surface area (Å²) in [5, 5.41) is 3.97. The van der Waals surface area contributed by atoms with Crippen molar-refractivity contribution < 1.29 is 14.0 Å². The first-order valence-electron chi connectivity index (χ1n) is 9.09. The van der Waals surface area contributed by atoms with Crippen molar-refractivity contribution in [1.82, 2.24) is 10.2 Å². The van der Waals surface area contributed by atoms with Gasteiger partial charge in [-0.3, -0.25) is 9.59 Å². The number of piperidine rings is 1. The molecule has 25 heavy (non-hydrogen) atoms. The third-order valence-electron chi connectivity index (χ3n) is 4.93. The zero-order valence-electron chi connectivity index (χ0n) is 15.2. The lowest BCUT2D eigenvalue weighted by Gasteiger charge is -2.33. The van der Waals surface area contributed by atoms with E-state index in [9.17, 15) is 9.59 Å². The van der Waals surface area contributed by atoms with Crippen LogP contribution in [0.5, 0.6) is 0 Å². The molecule has 0 radical (unpaired) electrons. The standard InChI is InChI=1S/C20H26N2O3/c1-4-14-5-6-18-16(11-14)17(12-25-18)19(23)21-15-7-9-22(10-8-15)20(24)13(2)3/h5-6,11-13,15H,4,7-10H2,1-3H3,(H,21,23). The Hall–Kier alpha value is -2.30. The normalized spacial score (nSPS) is 15.8. The van der Waals surface area contributed by atoms with Gasteiger partial charge in [0.25, 0.3) is 5.91 Å². The highest BCUT2D eigenvalue weighted by atomic mass is 16.3. The Bertz CT molecular complexity index is 770. The monoisotopic (exact) mass is 342 g/mol. The third-order valence-corrected chi connectivity index (χ3v) is 4.93. The molecule has 0 bridgehead atoms. The van der Waals surface area contributed by atoms with Gasteiger partial charge >= 0.3 is 0 Å². The smallest absolute Gasteiger partial charge is 0.255 e. The number of aryl methyl sites for hydroxylation is 1. The Labute approximate surface area is 148 Å². The molecule has 1 fully saturated rings. The Balaban J connectivity index is 1.65. The number of nitrogens with zero attached hydrogens (tertiary/aromatic N) is 1. The molecule has 3 rings (SSSR count). The van der Waals surface area contributed by atoms with Crippen LogP contribution >= 0.6 is 0 Å². The zero-order valence-corrected chi connectivity index (χ0v) is 15.2. The molecule has 0 atom stereocenters. The van der Waals surface area contributed by atoms with Gasteiger partial charge in [0.1, 0.15) is 11.8 Å². The molecule has 2 heterocycles. The predicted molar refractivity (Wildman–Crippen MR) is 97.5 cm³/mol. The minimum atomic E-state index is -0.0966. The molecule has 1 N–H and O–H groups in total. The fraction of sp³-hybridized carbons (Fsp3) is 0.500. The maximum atomic E-state index is 12.7. The third kappa shape index (κ3) is 3.70. The van der Waals surface area contributed by atoms with Crippen molar-refractivity contribution in [1.29, 1.82) is 0 Å². The molecule has 1 aliphatic rings. The summed E-state index contributed by atoms with van der Waals surface area (Å²) < 4.78 is 5.52. The van der Waals surface area contributed by atoms with E-state index >= 15 is 0 Å². The SMILES string of the molecule is CCc1ccc2occ(C(=O)NC3CCN(C(=O)C(C)C)CC3)c2c1. The van der Waals surface area contributed by atoms with Crippen molar-refractivity contribution in [2.45, 2.75) is 46.1 Å². The Kier molecular flexibility index (Phi) is 5.11. The molecule has 0 spiro atoms. The van der Waals surface area contributed by atoms with Crippen LogP contribution in [0, 0.1) is 5.92 Å². The highest BCUT2D eigenvalue weighted by Gasteiger charge is 2.26. The van der Waals surface area contributed by atoms with Crippen LogP contribution in [-0.2, 0) is 11.2 Å². The minimum absolute atomic E-state index is 0.0243. The van der Waals surface area contributed by atoms with Gasteiger partial charge in [-0.25, -0.2) is 0 Å². The molecule has 0 unspecified atom stereocenters. The number of nitrogens with one attached hydrogen (secondary N) is 1. The number of hydrogen-bond acceptors (Lipinski definition) is 3. The first-order valence-corrected chi connectivity index (χ1v) is 9.09. The van der Waals surface area contributed by atoms with Crippen molar-refractivity contribution in [3.63, 3.8) is 0 Å². The van der Waals surface area contributed by atoms with Crippen molar-refractivity contribution in [2.75, 3.05) is 13.1 Å². The maximum Gasteiger partial charge on any atom is 0.255 e. The van der Waals surface area contributed by atoms with Gasteiger partial charge in [-0.15, -0.1) is 0 Å². The number of benzene rings is 1. The summed E-state index contributed by atoms with van der Waals surface area (Å²) >= 11 is 0. The Morgan fingerprint density at radius 3 is 2.64 bits per heavy atom. The van der Waals surface area contributed by atoms with Crippen LogP contribution in [-0.4, -0.2) is 35.8 Å². The van der Waals surface area contributed by atoms with Gasteiger partial charge in [-0.2, -0.15) is 0 Å². The van der Waals surface area contributed by atoms with Crippen molar-refractivity contribution in [2.24, 2.45) is 5.92 Å². The molecular weight excluding hydrogens is 316 g/mol. The van der Waals surface area contributed by atoms with Gasteiger partial charge in [-0.1, -0.05) is 26.8 Å². The topological polar surface area (TPSA) is 62.6 Å². The molecule has 2 aromatic rings. The van der Waals surface area contributed by atoms with E-state index in [1.54, 1.807) is 0 Å². The maximum absolute atomic E-state index is 12.7. The number of hydrogen-bond donors (Lipinski definition) is 1. The summed E-state index contributed by atoms with van der Waals surface area (Å²) in [5.41, 5.74) is 2.51. The van der Waals surface area contributed by atoms with Crippen molar-refractivity contribution >= 4 is 22.8 Å². The minimum Gasteiger partial charge on any atom is -0.463 e. The van der Waals surface area contributed by atoms with Crippen LogP contribution in [0.1, 0.15) is 49.5 Å². The molecule has 0 aliphatic carbocycles. The highest BCUT2D eigenvalue weighted by molar-refractivity contribution is 6.06. The van der Waals surface area contributed by atoms with Gasteiger partial charge in [0.15, 0.2) is 0 Å². The number of likely N-dealkylation sites (tertiary alicyclic amines) is 1. The molecule has 1 aromatic carbocycles. The van der Waals surface area contributed by atoms with Gasteiger partial charge in [-0.05, 0) is 37.0 Å². The second-order valence-corrected chi connectivity index (χ2v) is 7.06. The average Bonchev–Trinajstić information content (AvgIpc) is 3.04. The number of rotatable bonds is 4. The van der Waals surface area contributed by atoms with Crippen LogP contribution in [0.25, 0.3) is 11.0 Å². The van der Waals surface area contributed by atoms with E-state index in [-0.39, 0.29) is 23.8 Å². The second-order valence-electron chi connectivity index (χ2n) is 7.06. The van der Waals surface area contributed by atoms with E-state index in [1.165, 1.54) is 11.8 Å². The van der Waals surface area contributed by atoms with E-state index in [0.717, 1.165) is 30.2 Å². The van der Waals surface area contributed by atoms with E-state index in [0.29, 0.717) is 18.7 Å². The predicted octanol–water partition coefficient (Wildman–Crippen LogP) is 3.37. The number of carbonyl (C=O) groups excluding carboxylic acids is 2. The van der Waals surface area contributed by atoms with E-state index in [2.05, 4.69) is 12.2 Å². The average molecular weight is 342 g/mol. The van der Waals surface area contributed by atoms with Crippen molar-refractivity contribution in [3.05, 3.63) is 35.6 Å². The van der Waals surface area contributed by atoms with Gasteiger partial charge in [0.05, 0.1) is 5.56 Å².